The number of Topliss-reactive ketones (excluding diaryl/α,β-unsaturated/α-hetero) is 1. The molecule has 0 aliphatic heterocycles. The summed E-state index contributed by atoms with van der Waals surface area (Å²) in [6.45, 7) is 1.76. The Kier molecular flexibility index (Phi) is 4.34. The Hall–Kier alpha value is -1.62. The van der Waals surface area contributed by atoms with Crippen molar-refractivity contribution in [2.75, 3.05) is 7.11 Å². The number of furan rings is 1. The van der Waals surface area contributed by atoms with Gasteiger partial charge in [0.05, 0.1) is 11.7 Å². The van der Waals surface area contributed by atoms with Crippen molar-refractivity contribution in [2.45, 2.75) is 64.1 Å². The molecule has 1 saturated carbocycles. The Balaban J connectivity index is 1.79. The molecule has 0 bridgehead atoms. The first-order valence-electron chi connectivity index (χ1n) is 8.01. The van der Waals surface area contributed by atoms with Crippen LogP contribution < -0.4 is 0 Å². The second-order valence-electron chi connectivity index (χ2n) is 6.13. The number of fused-ring (bicyclic) bond motifs is 1. The highest BCUT2D eigenvalue weighted by Crippen LogP contribution is 2.31. The second-order valence-corrected chi connectivity index (χ2v) is 6.13. The van der Waals surface area contributed by atoms with Crippen LogP contribution in [0.15, 0.2) is 4.42 Å². The molecule has 5 heteroatoms. The molecule has 0 N–H and O–H groups in total. The Labute approximate surface area is 130 Å². The van der Waals surface area contributed by atoms with E-state index < -0.39 is 5.97 Å². The Morgan fingerprint density at radius 1 is 1.14 bits per heavy atom. The first-order chi connectivity index (χ1) is 10.6. The van der Waals surface area contributed by atoms with E-state index in [4.69, 9.17) is 13.9 Å². The van der Waals surface area contributed by atoms with Gasteiger partial charge in [0.15, 0.2) is 5.78 Å². The average Bonchev–Trinajstić information content (AvgIpc) is 2.86. The molecule has 2 atom stereocenters. The van der Waals surface area contributed by atoms with Crippen LogP contribution in [-0.2, 0) is 15.9 Å². The van der Waals surface area contributed by atoms with Crippen molar-refractivity contribution in [1.82, 2.24) is 0 Å². The SMILES string of the molecule is COC1CCCCC1OC(=O)c1oc2c(c1C)C(=O)CCC2. The zero-order chi connectivity index (χ0) is 15.7. The number of hydrogen-bond acceptors (Lipinski definition) is 5. The highest BCUT2D eigenvalue weighted by atomic mass is 16.6. The summed E-state index contributed by atoms with van der Waals surface area (Å²) in [6, 6.07) is 0. The largest absolute Gasteiger partial charge is 0.454 e. The molecule has 2 unspecified atom stereocenters. The van der Waals surface area contributed by atoms with E-state index in [0.717, 1.165) is 32.1 Å². The van der Waals surface area contributed by atoms with E-state index in [1.54, 1.807) is 14.0 Å². The molecule has 2 aliphatic rings. The molecule has 3 rings (SSSR count). The van der Waals surface area contributed by atoms with Gasteiger partial charge in [-0.1, -0.05) is 6.42 Å². The monoisotopic (exact) mass is 306 g/mol. The van der Waals surface area contributed by atoms with Crippen molar-refractivity contribution in [3.05, 3.63) is 22.6 Å². The summed E-state index contributed by atoms with van der Waals surface area (Å²) in [4.78, 5) is 24.4. The van der Waals surface area contributed by atoms with Crippen LogP contribution in [0.1, 0.15) is 70.8 Å². The third kappa shape index (κ3) is 2.70. The summed E-state index contributed by atoms with van der Waals surface area (Å²) < 4.78 is 16.7. The maximum atomic E-state index is 12.4. The lowest BCUT2D eigenvalue weighted by Gasteiger charge is -2.29. The zero-order valence-corrected chi connectivity index (χ0v) is 13.1. The zero-order valence-electron chi connectivity index (χ0n) is 13.1. The normalized spacial score (nSPS) is 24.9. The number of aryl methyl sites for hydroxylation is 1. The number of ketones is 1. The molecule has 1 aromatic rings. The number of hydrogen-bond donors (Lipinski definition) is 0. The molecule has 22 heavy (non-hydrogen) atoms. The fourth-order valence-corrected chi connectivity index (χ4v) is 3.50. The van der Waals surface area contributed by atoms with Crippen molar-refractivity contribution >= 4 is 11.8 Å². The summed E-state index contributed by atoms with van der Waals surface area (Å²) in [5.74, 6) is 0.399. The standard InChI is InChI=1S/C17H22O5/c1-10-15-11(18)6-5-9-14(15)21-16(10)17(19)22-13-8-4-3-7-12(13)20-2/h12-13H,3-9H2,1-2H3. The Morgan fingerprint density at radius 2 is 1.86 bits per heavy atom. The van der Waals surface area contributed by atoms with Gasteiger partial charge in [0.2, 0.25) is 5.76 Å². The van der Waals surface area contributed by atoms with Gasteiger partial charge in [-0.2, -0.15) is 0 Å². The number of carbonyl (C=O) groups is 2. The predicted octanol–water partition coefficient (Wildman–Crippen LogP) is 3.22. The second kappa shape index (κ2) is 6.24. The average molecular weight is 306 g/mol. The summed E-state index contributed by atoms with van der Waals surface area (Å²) in [5, 5.41) is 0. The first-order valence-corrected chi connectivity index (χ1v) is 8.01. The van der Waals surface area contributed by atoms with Gasteiger partial charge in [-0.15, -0.1) is 0 Å². The molecular weight excluding hydrogens is 284 g/mol. The molecule has 1 aromatic heterocycles. The third-order valence-corrected chi connectivity index (χ3v) is 4.69. The van der Waals surface area contributed by atoms with E-state index in [1.807, 2.05) is 0 Å². The number of carbonyl (C=O) groups excluding carboxylic acids is 2. The molecule has 1 fully saturated rings. The lowest BCUT2D eigenvalue weighted by atomic mass is 9.93. The van der Waals surface area contributed by atoms with E-state index in [1.165, 1.54) is 0 Å². The lowest BCUT2D eigenvalue weighted by Crippen LogP contribution is -2.35. The van der Waals surface area contributed by atoms with E-state index >= 15 is 0 Å². The molecule has 120 valence electrons. The molecule has 0 aromatic carbocycles. The van der Waals surface area contributed by atoms with Gasteiger partial charge >= 0.3 is 5.97 Å². The van der Waals surface area contributed by atoms with Crippen LogP contribution in [0, 0.1) is 6.92 Å². The maximum absolute atomic E-state index is 12.4. The molecule has 0 radical (unpaired) electrons. The van der Waals surface area contributed by atoms with Crippen molar-refractivity contribution in [2.24, 2.45) is 0 Å². The van der Waals surface area contributed by atoms with Crippen LogP contribution in [0.2, 0.25) is 0 Å². The first kappa shape index (κ1) is 15.3. The summed E-state index contributed by atoms with van der Waals surface area (Å²) in [7, 11) is 1.65. The quantitative estimate of drug-likeness (QED) is 0.802. The van der Waals surface area contributed by atoms with Gasteiger partial charge in [-0.25, -0.2) is 4.79 Å². The van der Waals surface area contributed by atoms with Gasteiger partial charge in [-0.3, -0.25) is 4.79 Å². The maximum Gasteiger partial charge on any atom is 0.374 e. The highest BCUT2D eigenvalue weighted by molar-refractivity contribution is 6.02. The molecule has 1 heterocycles. The molecule has 2 aliphatic carbocycles. The summed E-state index contributed by atoms with van der Waals surface area (Å²) in [6.07, 6.45) is 5.56. The van der Waals surface area contributed by atoms with Crippen molar-refractivity contribution in [1.29, 1.82) is 0 Å². The Bertz CT molecular complexity index is 586. The van der Waals surface area contributed by atoms with Crippen LogP contribution >= 0.6 is 0 Å². The van der Waals surface area contributed by atoms with Crippen LogP contribution in [0.4, 0.5) is 0 Å². The molecule has 0 amide bonds. The minimum atomic E-state index is -0.478. The fourth-order valence-electron chi connectivity index (χ4n) is 3.50. The van der Waals surface area contributed by atoms with E-state index in [0.29, 0.717) is 29.7 Å². The van der Waals surface area contributed by atoms with Crippen molar-refractivity contribution in [3.8, 4) is 0 Å². The number of ether oxygens (including phenoxy) is 2. The van der Waals surface area contributed by atoms with Gasteiger partial charge < -0.3 is 13.9 Å². The minimum absolute atomic E-state index is 0.0516. The lowest BCUT2D eigenvalue weighted by molar-refractivity contribution is -0.0554. The van der Waals surface area contributed by atoms with Crippen LogP contribution in [0.5, 0.6) is 0 Å². The van der Waals surface area contributed by atoms with E-state index in [-0.39, 0.29) is 23.8 Å². The van der Waals surface area contributed by atoms with Crippen molar-refractivity contribution < 1.29 is 23.5 Å². The van der Waals surface area contributed by atoms with Gasteiger partial charge in [0, 0.05) is 25.5 Å². The smallest absolute Gasteiger partial charge is 0.374 e. The predicted molar refractivity (Wildman–Crippen MR) is 79.2 cm³/mol. The Morgan fingerprint density at radius 3 is 2.55 bits per heavy atom. The molecule has 0 saturated heterocycles. The summed E-state index contributed by atoms with van der Waals surface area (Å²) >= 11 is 0. The number of esters is 1. The van der Waals surface area contributed by atoms with Crippen LogP contribution in [-0.4, -0.2) is 31.1 Å². The highest BCUT2D eigenvalue weighted by Gasteiger charge is 2.33. The fraction of sp³-hybridized carbons (Fsp3) is 0.647. The van der Waals surface area contributed by atoms with Crippen LogP contribution in [0.3, 0.4) is 0 Å². The number of rotatable bonds is 3. The van der Waals surface area contributed by atoms with E-state index in [9.17, 15) is 9.59 Å². The number of methoxy groups -OCH3 is 1. The van der Waals surface area contributed by atoms with E-state index in [2.05, 4.69) is 0 Å². The van der Waals surface area contributed by atoms with Gasteiger partial charge in [0.1, 0.15) is 11.9 Å². The van der Waals surface area contributed by atoms with Gasteiger partial charge in [0.25, 0.3) is 0 Å². The van der Waals surface area contributed by atoms with Crippen molar-refractivity contribution in [3.63, 3.8) is 0 Å². The topological polar surface area (TPSA) is 65.7 Å². The molecule has 0 spiro atoms. The van der Waals surface area contributed by atoms with Gasteiger partial charge in [-0.05, 0) is 32.6 Å². The third-order valence-electron chi connectivity index (χ3n) is 4.69. The minimum Gasteiger partial charge on any atom is -0.454 e. The molecular formula is C17H22O5. The summed E-state index contributed by atoms with van der Waals surface area (Å²) in [5.41, 5.74) is 1.21. The van der Waals surface area contributed by atoms with Crippen LogP contribution in [0.25, 0.3) is 0 Å². The molecule has 5 nitrogen and oxygen atoms in total.